The lowest BCUT2D eigenvalue weighted by Gasteiger charge is -2.26. The molecule has 1 aromatic rings. The van der Waals surface area contributed by atoms with Gasteiger partial charge in [0.1, 0.15) is 0 Å². The van der Waals surface area contributed by atoms with Gasteiger partial charge in [-0.05, 0) is 25.2 Å². The van der Waals surface area contributed by atoms with Crippen LogP contribution in [0.2, 0.25) is 0 Å². The summed E-state index contributed by atoms with van der Waals surface area (Å²) >= 11 is 1.86. The molecule has 1 amide bonds. The Morgan fingerprint density at radius 3 is 2.89 bits per heavy atom. The van der Waals surface area contributed by atoms with E-state index in [1.54, 1.807) is 12.3 Å². The van der Waals surface area contributed by atoms with Crippen LogP contribution in [-0.2, 0) is 0 Å². The highest BCUT2D eigenvalue weighted by molar-refractivity contribution is 8.00. The van der Waals surface area contributed by atoms with Gasteiger partial charge in [0.05, 0.1) is 5.56 Å². The van der Waals surface area contributed by atoms with Crippen molar-refractivity contribution in [1.29, 1.82) is 0 Å². The van der Waals surface area contributed by atoms with Crippen LogP contribution in [0, 0.1) is 0 Å². The highest BCUT2D eigenvalue weighted by atomic mass is 32.2. The number of nitrogens with zero attached hydrogens (tertiary/aromatic N) is 1. The van der Waals surface area contributed by atoms with Crippen LogP contribution in [0.4, 0.5) is 5.69 Å². The highest BCUT2D eigenvalue weighted by Crippen LogP contribution is 2.39. The van der Waals surface area contributed by atoms with E-state index in [-0.39, 0.29) is 10.7 Å². The number of aromatic nitrogens is 1. The average molecular weight is 265 g/mol. The number of nitrogen functional groups attached to an aromatic ring is 1. The minimum absolute atomic E-state index is 0.124. The molecule has 3 N–H and O–H groups in total. The van der Waals surface area contributed by atoms with Gasteiger partial charge < -0.3 is 11.1 Å². The molecule has 0 spiro atoms. The second-order valence-electron chi connectivity index (χ2n) is 4.74. The van der Waals surface area contributed by atoms with Gasteiger partial charge in [-0.2, -0.15) is 11.8 Å². The van der Waals surface area contributed by atoms with Crippen molar-refractivity contribution < 1.29 is 4.79 Å². The van der Waals surface area contributed by atoms with E-state index in [0.717, 1.165) is 0 Å². The third-order valence-electron chi connectivity index (χ3n) is 3.62. The largest absolute Gasteiger partial charge is 0.398 e. The van der Waals surface area contributed by atoms with E-state index < -0.39 is 0 Å². The van der Waals surface area contributed by atoms with Crippen molar-refractivity contribution in [2.45, 2.75) is 30.4 Å². The van der Waals surface area contributed by atoms with Gasteiger partial charge in [-0.1, -0.05) is 12.8 Å². The molecule has 1 aliphatic carbocycles. The second kappa shape index (κ2) is 5.61. The molecule has 4 nitrogen and oxygen atoms in total. The number of nitrogens with two attached hydrogens (primary N) is 1. The zero-order valence-corrected chi connectivity index (χ0v) is 11.4. The Kier molecular flexibility index (Phi) is 4.11. The maximum atomic E-state index is 12.0. The highest BCUT2D eigenvalue weighted by Gasteiger charge is 2.33. The number of thioether (sulfide) groups is 1. The molecule has 0 aromatic carbocycles. The number of anilines is 1. The minimum atomic E-state index is -0.124. The smallest absolute Gasteiger partial charge is 0.254 e. The fourth-order valence-electron chi connectivity index (χ4n) is 2.40. The molecule has 0 bridgehead atoms. The molecule has 0 unspecified atom stereocenters. The molecular formula is C13H19N3OS. The Hall–Kier alpha value is -1.23. The molecule has 0 aliphatic heterocycles. The molecule has 0 radical (unpaired) electrons. The van der Waals surface area contributed by atoms with Crippen LogP contribution < -0.4 is 11.1 Å². The summed E-state index contributed by atoms with van der Waals surface area (Å²) in [5, 5.41) is 2.99. The van der Waals surface area contributed by atoms with Crippen molar-refractivity contribution >= 4 is 23.4 Å². The molecule has 1 fully saturated rings. The average Bonchev–Trinajstić information content (AvgIpc) is 2.86. The van der Waals surface area contributed by atoms with E-state index in [1.165, 1.54) is 31.9 Å². The zero-order chi connectivity index (χ0) is 13.0. The Labute approximate surface area is 112 Å². The number of amides is 1. The number of nitrogens with one attached hydrogen (secondary N) is 1. The summed E-state index contributed by atoms with van der Waals surface area (Å²) in [5.41, 5.74) is 6.71. The first-order valence-electron chi connectivity index (χ1n) is 6.20. The summed E-state index contributed by atoms with van der Waals surface area (Å²) in [6.07, 6.45) is 10.1. The Morgan fingerprint density at radius 2 is 2.28 bits per heavy atom. The van der Waals surface area contributed by atoms with Crippen molar-refractivity contribution in [2.75, 3.05) is 18.5 Å². The number of pyridine rings is 1. The van der Waals surface area contributed by atoms with E-state index in [2.05, 4.69) is 16.6 Å². The Morgan fingerprint density at radius 1 is 1.56 bits per heavy atom. The molecule has 98 valence electrons. The predicted molar refractivity (Wildman–Crippen MR) is 75.7 cm³/mol. The lowest BCUT2D eigenvalue weighted by atomic mass is 10.1. The van der Waals surface area contributed by atoms with Gasteiger partial charge >= 0.3 is 0 Å². The molecule has 1 aliphatic rings. The standard InChI is InChI=1S/C13H19N3OS/c1-18-13(5-2-3-6-13)9-16-12(17)10-8-15-7-4-11(10)14/h4,7-8H,2-3,5-6,9H2,1H3,(H2,14,15)(H,16,17). The topological polar surface area (TPSA) is 68.0 Å². The van der Waals surface area contributed by atoms with Gasteiger partial charge in [-0.3, -0.25) is 9.78 Å². The van der Waals surface area contributed by atoms with Crippen LogP contribution in [0.25, 0.3) is 0 Å². The molecule has 0 saturated heterocycles. The minimum Gasteiger partial charge on any atom is -0.398 e. The van der Waals surface area contributed by atoms with E-state index >= 15 is 0 Å². The van der Waals surface area contributed by atoms with E-state index in [4.69, 9.17) is 5.73 Å². The summed E-state index contributed by atoms with van der Waals surface area (Å²) in [6.45, 7) is 0.710. The van der Waals surface area contributed by atoms with Gasteiger partial charge in [-0.25, -0.2) is 0 Å². The molecule has 1 heterocycles. The van der Waals surface area contributed by atoms with E-state index in [9.17, 15) is 4.79 Å². The van der Waals surface area contributed by atoms with Crippen LogP contribution in [-0.4, -0.2) is 28.4 Å². The molecule has 0 atom stereocenters. The molecule has 1 aromatic heterocycles. The second-order valence-corrected chi connectivity index (χ2v) is 6.01. The van der Waals surface area contributed by atoms with E-state index in [1.807, 2.05) is 11.8 Å². The lowest BCUT2D eigenvalue weighted by molar-refractivity contribution is 0.0950. The zero-order valence-electron chi connectivity index (χ0n) is 10.6. The number of rotatable bonds is 4. The molecular weight excluding hydrogens is 246 g/mol. The van der Waals surface area contributed by atoms with Crippen LogP contribution in [0.3, 0.4) is 0 Å². The van der Waals surface area contributed by atoms with Crippen molar-refractivity contribution in [3.05, 3.63) is 24.0 Å². The van der Waals surface area contributed by atoms with Gasteiger partial charge in [0.2, 0.25) is 0 Å². The van der Waals surface area contributed by atoms with E-state index in [0.29, 0.717) is 17.8 Å². The van der Waals surface area contributed by atoms with Gasteiger partial charge in [0.25, 0.3) is 5.91 Å². The van der Waals surface area contributed by atoms with Gasteiger partial charge in [-0.15, -0.1) is 0 Å². The van der Waals surface area contributed by atoms with Crippen LogP contribution >= 0.6 is 11.8 Å². The van der Waals surface area contributed by atoms with Gasteiger partial charge in [0, 0.05) is 29.4 Å². The molecule has 2 rings (SSSR count). The van der Waals surface area contributed by atoms with Crippen LogP contribution in [0.15, 0.2) is 18.5 Å². The molecule has 1 saturated carbocycles. The van der Waals surface area contributed by atoms with Gasteiger partial charge in [0.15, 0.2) is 0 Å². The first-order valence-corrected chi connectivity index (χ1v) is 7.42. The number of carbonyl (C=O) groups is 1. The molecule has 18 heavy (non-hydrogen) atoms. The summed E-state index contributed by atoms with van der Waals surface area (Å²) in [7, 11) is 0. The maximum absolute atomic E-state index is 12.0. The first kappa shape index (κ1) is 13.2. The van der Waals surface area contributed by atoms with Crippen molar-refractivity contribution in [3.8, 4) is 0 Å². The van der Waals surface area contributed by atoms with Crippen molar-refractivity contribution in [1.82, 2.24) is 10.3 Å². The Bertz CT molecular complexity index is 430. The number of hydrogen-bond acceptors (Lipinski definition) is 4. The fourth-order valence-corrected chi connectivity index (χ4v) is 3.32. The van der Waals surface area contributed by atoms with Crippen molar-refractivity contribution in [3.63, 3.8) is 0 Å². The third-order valence-corrected chi connectivity index (χ3v) is 5.04. The fraction of sp³-hybridized carbons (Fsp3) is 0.538. The quantitative estimate of drug-likeness (QED) is 0.874. The SMILES string of the molecule is CSC1(CNC(=O)c2cnccc2N)CCCC1. The normalized spacial score (nSPS) is 17.6. The van der Waals surface area contributed by atoms with Crippen molar-refractivity contribution in [2.24, 2.45) is 0 Å². The predicted octanol–water partition coefficient (Wildman–Crippen LogP) is 2.07. The maximum Gasteiger partial charge on any atom is 0.254 e. The first-order chi connectivity index (χ1) is 8.67. The summed E-state index contributed by atoms with van der Waals surface area (Å²) in [6, 6.07) is 1.65. The van der Waals surface area contributed by atoms with Crippen LogP contribution in [0.1, 0.15) is 36.0 Å². The Balaban J connectivity index is 1.98. The summed E-state index contributed by atoms with van der Waals surface area (Å²) in [5.74, 6) is -0.124. The monoisotopic (exact) mass is 265 g/mol. The number of hydrogen-bond donors (Lipinski definition) is 2. The summed E-state index contributed by atoms with van der Waals surface area (Å²) < 4.78 is 0.215. The summed E-state index contributed by atoms with van der Waals surface area (Å²) in [4.78, 5) is 16.0. The van der Waals surface area contributed by atoms with Crippen LogP contribution in [0.5, 0.6) is 0 Å². The number of carbonyl (C=O) groups excluding carboxylic acids is 1. The third kappa shape index (κ3) is 2.77. The lowest BCUT2D eigenvalue weighted by Crippen LogP contribution is -2.38. The molecule has 5 heteroatoms.